The summed E-state index contributed by atoms with van der Waals surface area (Å²) in [6, 6.07) is 12.2. The molecule has 0 aliphatic heterocycles. The van der Waals surface area contributed by atoms with Crippen molar-refractivity contribution in [3.05, 3.63) is 48.0 Å². The molecule has 0 aliphatic rings. The molecule has 3 aromatic rings. The predicted molar refractivity (Wildman–Crippen MR) is 121 cm³/mol. The summed E-state index contributed by atoms with van der Waals surface area (Å²) in [5, 5.41) is 12.7. The van der Waals surface area contributed by atoms with Gasteiger partial charge in [0.05, 0.1) is 16.7 Å². The first-order chi connectivity index (χ1) is 14.5. The molecule has 0 saturated heterocycles. The third kappa shape index (κ3) is 4.47. The summed E-state index contributed by atoms with van der Waals surface area (Å²) < 4.78 is 6.53. The normalized spacial score (nSPS) is 11.6. The van der Waals surface area contributed by atoms with Gasteiger partial charge < -0.3 is 14.7 Å². The lowest BCUT2D eigenvalue weighted by atomic mass is 9.84. The lowest BCUT2D eigenvalue weighted by Crippen LogP contribution is -2.30. The summed E-state index contributed by atoms with van der Waals surface area (Å²) in [6.07, 6.45) is -1.75. The number of para-hydroxylation sites is 1. The average Bonchev–Trinajstić information content (AvgIpc) is 3.06. The number of nitrogens with one attached hydrogen (secondary N) is 1. The molecule has 8 heteroatoms. The van der Waals surface area contributed by atoms with Gasteiger partial charge >= 0.3 is 12.2 Å². The highest BCUT2D eigenvalue weighted by Crippen LogP contribution is 2.38. The van der Waals surface area contributed by atoms with Crippen molar-refractivity contribution in [3.8, 4) is 5.75 Å². The molecule has 0 unspecified atom stereocenters. The number of hydrogen-bond acceptors (Lipinski definition) is 5. The highest BCUT2D eigenvalue weighted by atomic mass is 16.6. The average molecular weight is 425 g/mol. The van der Waals surface area contributed by atoms with Crippen LogP contribution in [-0.4, -0.2) is 39.9 Å². The molecule has 1 heterocycles. The highest BCUT2D eigenvalue weighted by Gasteiger charge is 2.29. The van der Waals surface area contributed by atoms with Crippen LogP contribution in [0.5, 0.6) is 5.75 Å². The molecule has 0 spiro atoms. The lowest BCUT2D eigenvalue weighted by molar-refractivity contribution is 0.197. The first-order valence-electron chi connectivity index (χ1n) is 10.1. The number of amides is 1. The monoisotopic (exact) mass is 424 g/mol. The number of hydrogen-bond donors (Lipinski definition) is 2. The van der Waals surface area contributed by atoms with Crippen molar-refractivity contribution in [2.24, 2.45) is 0 Å². The van der Waals surface area contributed by atoms with E-state index in [4.69, 9.17) is 4.74 Å². The van der Waals surface area contributed by atoms with Crippen LogP contribution in [0.4, 0.5) is 21.2 Å². The number of benzene rings is 2. The number of anilines is 2. The molecule has 8 nitrogen and oxygen atoms in total. The van der Waals surface area contributed by atoms with E-state index < -0.39 is 17.6 Å². The number of carbonyl (C=O) groups is 2. The fraction of sp³-hybridized carbons (Fsp3) is 0.348. The van der Waals surface area contributed by atoms with Crippen molar-refractivity contribution >= 4 is 34.9 Å². The van der Waals surface area contributed by atoms with Crippen molar-refractivity contribution in [3.63, 3.8) is 0 Å². The van der Waals surface area contributed by atoms with Gasteiger partial charge in [-0.15, -0.1) is 0 Å². The first kappa shape index (κ1) is 22.1. The maximum atomic E-state index is 12.5. The Hall–Kier alpha value is -3.55. The van der Waals surface area contributed by atoms with Crippen LogP contribution in [0.25, 0.3) is 11.0 Å². The van der Waals surface area contributed by atoms with E-state index in [1.165, 1.54) is 4.57 Å². The van der Waals surface area contributed by atoms with E-state index in [0.717, 1.165) is 5.56 Å². The zero-order chi connectivity index (χ0) is 22.9. The van der Waals surface area contributed by atoms with E-state index >= 15 is 0 Å². The Morgan fingerprint density at radius 2 is 1.77 bits per heavy atom. The molecule has 0 saturated carbocycles. The summed E-state index contributed by atoms with van der Waals surface area (Å²) in [7, 11) is 1.80. The third-order valence-electron chi connectivity index (χ3n) is 5.03. The zero-order valence-corrected chi connectivity index (χ0v) is 18.6. The van der Waals surface area contributed by atoms with Crippen LogP contribution < -0.4 is 15.0 Å². The predicted octanol–water partition coefficient (Wildman–Crippen LogP) is 5.32. The Kier molecular flexibility index (Phi) is 5.92. The van der Waals surface area contributed by atoms with Crippen molar-refractivity contribution in [1.82, 2.24) is 9.55 Å². The molecule has 0 fully saturated rings. The highest BCUT2D eigenvalue weighted by molar-refractivity contribution is 5.98. The quantitative estimate of drug-likeness (QED) is 0.589. The lowest BCUT2D eigenvalue weighted by Gasteiger charge is -2.23. The number of imidazole rings is 1. The molecule has 2 aromatic carbocycles. The van der Waals surface area contributed by atoms with Gasteiger partial charge in [0, 0.05) is 18.7 Å². The molecule has 31 heavy (non-hydrogen) atoms. The molecule has 3 rings (SSSR count). The Labute approximate surface area is 181 Å². The van der Waals surface area contributed by atoms with Crippen LogP contribution >= 0.6 is 0 Å². The van der Waals surface area contributed by atoms with Crippen LogP contribution in [0, 0.1) is 0 Å². The number of fused-ring (bicyclic) bond motifs is 1. The summed E-state index contributed by atoms with van der Waals surface area (Å²) in [5.74, 6) is 0.751. The molecule has 164 valence electrons. The van der Waals surface area contributed by atoms with Gasteiger partial charge in [0.15, 0.2) is 0 Å². The van der Waals surface area contributed by atoms with Gasteiger partial charge in [-0.25, -0.2) is 19.1 Å². The van der Waals surface area contributed by atoms with Crippen LogP contribution in [0.15, 0.2) is 42.5 Å². The summed E-state index contributed by atoms with van der Waals surface area (Å²) in [4.78, 5) is 31.1. The van der Waals surface area contributed by atoms with Gasteiger partial charge in [-0.3, -0.25) is 5.32 Å². The summed E-state index contributed by atoms with van der Waals surface area (Å²) in [6.45, 7) is 9.88. The van der Waals surface area contributed by atoms with E-state index in [-0.39, 0.29) is 6.04 Å². The molecule has 1 aromatic heterocycles. The van der Waals surface area contributed by atoms with Crippen molar-refractivity contribution < 1.29 is 19.4 Å². The second kappa shape index (κ2) is 8.29. The van der Waals surface area contributed by atoms with E-state index in [2.05, 4.69) is 10.3 Å². The molecule has 0 atom stereocenters. The number of nitrogens with zero attached hydrogens (tertiary/aromatic N) is 3. The van der Waals surface area contributed by atoms with Gasteiger partial charge in [0.25, 0.3) is 0 Å². The van der Waals surface area contributed by atoms with Gasteiger partial charge in [0.2, 0.25) is 5.95 Å². The fourth-order valence-corrected chi connectivity index (χ4v) is 3.38. The number of carbonyl (C=O) groups excluding carboxylic acids is 1. The number of aromatic nitrogens is 2. The Bertz CT molecular complexity index is 1110. The van der Waals surface area contributed by atoms with E-state index in [1.807, 2.05) is 40.7 Å². The van der Waals surface area contributed by atoms with Gasteiger partial charge in [-0.05, 0) is 43.5 Å². The Morgan fingerprint density at radius 3 is 2.32 bits per heavy atom. The maximum absolute atomic E-state index is 12.5. The second-order valence-electron chi connectivity index (χ2n) is 8.67. The Morgan fingerprint density at radius 1 is 1.13 bits per heavy atom. The standard InChI is InChI=1S/C23H28N4O4/c1-14(2)26(6)20-25-19-17(27(20)22(29)30)13-12-16(18(19)23(3,4)5)24-21(28)31-15-10-8-7-9-11-15/h7-14H,1-6H3,(H,24,28)(H,29,30). The van der Waals surface area contributed by atoms with Crippen molar-refractivity contribution in [1.29, 1.82) is 0 Å². The minimum atomic E-state index is -1.12. The summed E-state index contributed by atoms with van der Waals surface area (Å²) in [5.41, 5.74) is 1.81. The van der Waals surface area contributed by atoms with Gasteiger partial charge in [-0.2, -0.15) is 0 Å². The number of rotatable bonds is 4. The Balaban J connectivity index is 2.13. The molecule has 2 N–H and O–H groups in total. The molecular formula is C23H28N4O4. The van der Waals surface area contributed by atoms with Crippen LogP contribution in [0.1, 0.15) is 40.2 Å². The topological polar surface area (TPSA) is 96.7 Å². The van der Waals surface area contributed by atoms with Crippen molar-refractivity contribution in [2.75, 3.05) is 17.3 Å². The van der Waals surface area contributed by atoms with Crippen molar-refractivity contribution in [2.45, 2.75) is 46.1 Å². The third-order valence-corrected chi connectivity index (χ3v) is 5.03. The number of ether oxygens (including phenoxy) is 1. The first-order valence-corrected chi connectivity index (χ1v) is 10.1. The molecule has 0 radical (unpaired) electrons. The van der Waals surface area contributed by atoms with Crippen LogP contribution in [0.3, 0.4) is 0 Å². The second-order valence-corrected chi connectivity index (χ2v) is 8.67. The number of carboxylic acid groups (broad SMARTS) is 1. The van der Waals surface area contributed by atoms with Crippen LogP contribution in [-0.2, 0) is 5.41 Å². The smallest absolute Gasteiger partial charge is 0.418 e. The van der Waals surface area contributed by atoms with Crippen LogP contribution in [0.2, 0.25) is 0 Å². The molecule has 0 aliphatic carbocycles. The van der Waals surface area contributed by atoms with E-state index in [0.29, 0.717) is 28.4 Å². The zero-order valence-electron chi connectivity index (χ0n) is 18.6. The maximum Gasteiger partial charge on any atom is 0.418 e. The van der Waals surface area contributed by atoms with E-state index in [1.54, 1.807) is 48.3 Å². The molecule has 0 bridgehead atoms. The summed E-state index contributed by atoms with van der Waals surface area (Å²) >= 11 is 0. The molecular weight excluding hydrogens is 396 g/mol. The minimum Gasteiger partial charge on any atom is -0.464 e. The molecule has 1 amide bonds. The van der Waals surface area contributed by atoms with Gasteiger partial charge in [-0.1, -0.05) is 39.0 Å². The minimum absolute atomic E-state index is 0.0476. The SMILES string of the molecule is CC(C)N(C)c1nc2c(C(C)(C)C)c(NC(=O)Oc3ccccc3)ccc2n1C(=O)O. The fourth-order valence-electron chi connectivity index (χ4n) is 3.38. The van der Waals surface area contributed by atoms with E-state index in [9.17, 15) is 14.7 Å². The van der Waals surface area contributed by atoms with Gasteiger partial charge in [0.1, 0.15) is 5.75 Å². The largest absolute Gasteiger partial charge is 0.464 e.